The number of ether oxygens (including phenoxy) is 1. The van der Waals surface area contributed by atoms with E-state index in [2.05, 4.69) is 10.4 Å². The maximum absolute atomic E-state index is 12.3. The Bertz CT molecular complexity index is 690. The van der Waals surface area contributed by atoms with Gasteiger partial charge in [0.2, 0.25) is 0 Å². The van der Waals surface area contributed by atoms with E-state index in [1.165, 1.54) is 6.20 Å². The highest BCUT2D eigenvalue weighted by molar-refractivity contribution is 5.93. The smallest absolute Gasteiger partial charge is 0.254 e. The summed E-state index contributed by atoms with van der Waals surface area (Å²) in [5, 5.41) is 17.4. The number of amides is 1. The molecule has 1 saturated heterocycles. The van der Waals surface area contributed by atoms with Gasteiger partial charge >= 0.3 is 0 Å². The highest BCUT2D eigenvalue weighted by Crippen LogP contribution is 2.19. The molecular formula is C17H21N3O3. The molecule has 0 radical (unpaired) electrons. The average Bonchev–Trinajstić information content (AvgIpc) is 3.04. The molecule has 6 heteroatoms. The molecule has 1 aromatic carbocycles. The molecule has 1 aliphatic rings. The molecule has 1 amide bonds. The standard InChI is InChI=1S/C17H21N3O3/c1-13-4-2-3-5-15(13)20-11-14(10-19-20)16(21)18-12-17(22)6-8-23-9-7-17/h2-5,10-11,22H,6-9,12H2,1H3,(H,18,21). The van der Waals surface area contributed by atoms with E-state index in [0.717, 1.165) is 11.3 Å². The first-order chi connectivity index (χ1) is 11.1. The Morgan fingerprint density at radius 3 is 2.87 bits per heavy atom. The van der Waals surface area contributed by atoms with Crippen molar-refractivity contribution in [3.8, 4) is 5.69 Å². The predicted octanol–water partition coefficient (Wildman–Crippen LogP) is 1.45. The first-order valence-corrected chi connectivity index (χ1v) is 7.76. The van der Waals surface area contributed by atoms with Gasteiger partial charge in [0, 0.05) is 38.8 Å². The third kappa shape index (κ3) is 3.60. The number of nitrogens with zero attached hydrogens (tertiary/aromatic N) is 2. The molecule has 6 nitrogen and oxygen atoms in total. The SMILES string of the molecule is Cc1ccccc1-n1cc(C(=O)NCC2(O)CCOCC2)cn1. The number of rotatable bonds is 4. The van der Waals surface area contributed by atoms with E-state index in [1.807, 2.05) is 31.2 Å². The minimum Gasteiger partial charge on any atom is -0.388 e. The van der Waals surface area contributed by atoms with Crippen LogP contribution in [-0.4, -0.2) is 46.2 Å². The molecular weight excluding hydrogens is 294 g/mol. The monoisotopic (exact) mass is 315 g/mol. The Labute approximate surface area is 135 Å². The van der Waals surface area contributed by atoms with Crippen LogP contribution in [0.3, 0.4) is 0 Å². The van der Waals surface area contributed by atoms with Gasteiger partial charge in [0.25, 0.3) is 5.91 Å². The van der Waals surface area contributed by atoms with Crippen molar-refractivity contribution in [1.82, 2.24) is 15.1 Å². The van der Waals surface area contributed by atoms with Crippen LogP contribution in [0, 0.1) is 6.92 Å². The van der Waals surface area contributed by atoms with Crippen molar-refractivity contribution in [3.05, 3.63) is 47.8 Å². The number of hydrogen-bond acceptors (Lipinski definition) is 4. The molecule has 2 N–H and O–H groups in total. The van der Waals surface area contributed by atoms with Gasteiger partial charge in [0.1, 0.15) is 0 Å². The van der Waals surface area contributed by atoms with Crippen LogP contribution in [0.4, 0.5) is 0 Å². The number of para-hydroxylation sites is 1. The van der Waals surface area contributed by atoms with Crippen LogP contribution in [-0.2, 0) is 4.74 Å². The lowest BCUT2D eigenvalue weighted by atomic mass is 9.94. The predicted molar refractivity (Wildman–Crippen MR) is 85.6 cm³/mol. The highest BCUT2D eigenvalue weighted by atomic mass is 16.5. The van der Waals surface area contributed by atoms with Crippen molar-refractivity contribution in [1.29, 1.82) is 0 Å². The molecule has 122 valence electrons. The fourth-order valence-corrected chi connectivity index (χ4v) is 2.67. The minimum atomic E-state index is -0.875. The quantitative estimate of drug-likeness (QED) is 0.895. The zero-order chi connectivity index (χ0) is 16.3. The Kier molecular flexibility index (Phi) is 4.45. The van der Waals surface area contributed by atoms with Crippen LogP contribution in [0.1, 0.15) is 28.8 Å². The second-order valence-corrected chi connectivity index (χ2v) is 5.98. The third-order valence-electron chi connectivity index (χ3n) is 4.21. The molecule has 1 aromatic heterocycles. The zero-order valence-electron chi connectivity index (χ0n) is 13.2. The summed E-state index contributed by atoms with van der Waals surface area (Å²) >= 11 is 0. The van der Waals surface area contributed by atoms with Crippen LogP contribution in [0.25, 0.3) is 5.69 Å². The molecule has 1 aliphatic heterocycles. The highest BCUT2D eigenvalue weighted by Gasteiger charge is 2.30. The summed E-state index contributed by atoms with van der Waals surface area (Å²) in [6.07, 6.45) is 4.31. The number of benzene rings is 1. The number of aromatic nitrogens is 2. The second kappa shape index (κ2) is 6.52. The first-order valence-electron chi connectivity index (χ1n) is 7.76. The summed E-state index contributed by atoms with van der Waals surface area (Å²) in [7, 11) is 0. The average molecular weight is 315 g/mol. The Hall–Kier alpha value is -2.18. The fraction of sp³-hybridized carbons (Fsp3) is 0.412. The van der Waals surface area contributed by atoms with Gasteiger partial charge in [-0.3, -0.25) is 4.79 Å². The minimum absolute atomic E-state index is 0.227. The summed E-state index contributed by atoms with van der Waals surface area (Å²) < 4.78 is 6.92. The Morgan fingerprint density at radius 1 is 1.39 bits per heavy atom. The van der Waals surface area contributed by atoms with Crippen LogP contribution < -0.4 is 5.32 Å². The summed E-state index contributed by atoms with van der Waals surface area (Å²) in [6, 6.07) is 7.85. The summed E-state index contributed by atoms with van der Waals surface area (Å²) in [6.45, 7) is 3.28. The lowest BCUT2D eigenvalue weighted by molar-refractivity contribution is -0.0605. The molecule has 23 heavy (non-hydrogen) atoms. The molecule has 2 heterocycles. The van der Waals surface area contributed by atoms with Gasteiger partial charge in [0.05, 0.1) is 23.0 Å². The second-order valence-electron chi connectivity index (χ2n) is 5.98. The maximum atomic E-state index is 12.3. The van der Waals surface area contributed by atoms with E-state index in [0.29, 0.717) is 31.6 Å². The molecule has 0 spiro atoms. The molecule has 2 aromatic rings. The van der Waals surface area contributed by atoms with E-state index < -0.39 is 5.60 Å². The Balaban J connectivity index is 1.66. The largest absolute Gasteiger partial charge is 0.388 e. The van der Waals surface area contributed by atoms with Gasteiger partial charge in [-0.15, -0.1) is 0 Å². The van der Waals surface area contributed by atoms with Gasteiger partial charge < -0.3 is 15.2 Å². The molecule has 0 aliphatic carbocycles. The summed E-state index contributed by atoms with van der Waals surface area (Å²) in [4.78, 5) is 12.3. The normalized spacial score (nSPS) is 17.0. The number of aliphatic hydroxyl groups is 1. The lowest BCUT2D eigenvalue weighted by Crippen LogP contribution is -2.46. The van der Waals surface area contributed by atoms with Crippen LogP contribution >= 0.6 is 0 Å². The van der Waals surface area contributed by atoms with Crippen molar-refractivity contribution in [2.24, 2.45) is 0 Å². The molecule has 0 unspecified atom stereocenters. The van der Waals surface area contributed by atoms with Crippen molar-refractivity contribution < 1.29 is 14.6 Å². The van der Waals surface area contributed by atoms with Gasteiger partial charge in [0.15, 0.2) is 0 Å². The topological polar surface area (TPSA) is 76.4 Å². The van der Waals surface area contributed by atoms with Gasteiger partial charge in [-0.05, 0) is 18.6 Å². The van der Waals surface area contributed by atoms with Crippen LogP contribution in [0.2, 0.25) is 0 Å². The number of carbonyl (C=O) groups is 1. The molecule has 0 bridgehead atoms. The van der Waals surface area contributed by atoms with Gasteiger partial charge in [-0.1, -0.05) is 18.2 Å². The van der Waals surface area contributed by atoms with Crippen LogP contribution in [0.15, 0.2) is 36.7 Å². The number of nitrogens with one attached hydrogen (secondary N) is 1. The van der Waals surface area contributed by atoms with Crippen molar-refractivity contribution in [3.63, 3.8) is 0 Å². The third-order valence-corrected chi connectivity index (χ3v) is 4.21. The fourth-order valence-electron chi connectivity index (χ4n) is 2.67. The number of hydrogen-bond donors (Lipinski definition) is 2. The summed E-state index contributed by atoms with van der Waals surface area (Å²) in [5.74, 6) is -0.232. The zero-order valence-corrected chi connectivity index (χ0v) is 13.2. The lowest BCUT2D eigenvalue weighted by Gasteiger charge is -2.31. The van der Waals surface area contributed by atoms with E-state index in [4.69, 9.17) is 4.74 Å². The van der Waals surface area contributed by atoms with E-state index in [-0.39, 0.29) is 12.5 Å². The molecule has 0 atom stereocenters. The number of aryl methyl sites for hydroxylation is 1. The van der Waals surface area contributed by atoms with E-state index >= 15 is 0 Å². The maximum Gasteiger partial charge on any atom is 0.254 e. The molecule has 1 fully saturated rings. The molecule has 3 rings (SSSR count). The van der Waals surface area contributed by atoms with Gasteiger partial charge in [-0.25, -0.2) is 4.68 Å². The van der Waals surface area contributed by atoms with Crippen molar-refractivity contribution >= 4 is 5.91 Å². The van der Waals surface area contributed by atoms with Crippen molar-refractivity contribution in [2.75, 3.05) is 19.8 Å². The van der Waals surface area contributed by atoms with Crippen molar-refractivity contribution in [2.45, 2.75) is 25.4 Å². The number of carbonyl (C=O) groups excluding carboxylic acids is 1. The van der Waals surface area contributed by atoms with E-state index in [9.17, 15) is 9.90 Å². The van der Waals surface area contributed by atoms with E-state index in [1.54, 1.807) is 10.9 Å². The Morgan fingerprint density at radius 2 is 2.13 bits per heavy atom. The van der Waals surface area contributed by atoms with Crippen LogP contribution in [0.5, 0.6) is 0 Å². The molecule has 0 saturated carbocycles. The first kappa shape index (κ1) is 15.7. The summed E-state index contributed by atoms with van der Waals surface area (Å²) in [5.41, 5.74) is 1.62. The van der Waals surface area contributed by atoms with Gasteiger partial charge in [-0.2, -0.15) is 5.10 Å².